The van der Waals surface area contributed by atoms with Gasteiger partial charge in [-0.05, 0) is 26.0 Å². The second-order valence-electron chi connectivity index (χ2n) is 3.40. The van der Waals surface area contributed by atoms with E-state index < -0.39 is 0 Å². The number of aromatic hydroxyl groups is 1. The van der Waals surface area contributed by atoms with Crippen molar-refractivity contribution in [3.63, 3.8) is 0 Å². The van der Waals surface area contributed by atoms with E-state index in [9.17, 15) is 9.90 Å². The van der Waals surface area contributed by atoms with Gasteiger partial charge in [-0.25, -0.2) is 0 Å². The number of para-hydroxylation sites is 1. The molecule has 0 aliphatic heterocycles. The summed E-state index contributed by atoms with van der Waals surface area (Å²) in [6, 6.07) is 4.70. The lowest BCUT2D eigenvalue weighted by Crippen LogP contribution is -2.20. The number of hydrogen-bond acceptors (Lipinski definition) is 3. The van der Waals surface area contributed by atoms with Crippen LogP contribution >= 0.6 is 0 Å². The van der Waals surface area contributed by atoms with Crippen molar-refractivity contribution >= 4 is 5.91 Å². The van der Waals surface area contributed by atoms with E-state index in [1.807, 2.05) is 13.8 Å². The van der Waals surface area contributed by atoms with Crippen molar-refractivity contribution in [1.82, 2.24) is 5.32 Å². The van der Waals surface area contributed by atoms with Gasteiger partial charge in [0.05, 0.1) is 11.7 Å². The highest BCUT2D eigenvalue weighted by Crippen LogP contribution is 2.30. The van der Waals surface area contributed by atoms with Gasteiger partial charge in [-0.15, -0.1) is 0 Å². The lowest BCUT2D eigenvalue weighted by molar-refractivity contribution is 0.0956. The Labute approximate surface area is 88.9 Å². The molecule has 0 saturated carbocycles. The number of amides is 1. The summed E-state index contributed by atoms with van der Waals surface area (Å²) in [5.41, 5.74) is 0.339. The maximum Gasteiger partial charge on any atom is 0.254 e. The SMILES string of the molecule is CNC(=O)c1cccc(O)c1OC(C)C. The van der Waals surface area contributed by atoms with Gasteiger partial charge in [-0.2, -0.15) is 0 Å². The standard InChI is InChI=1S/C11H15NO3/c1-7(2)15-10-8(11(14)12-3)5-4-6-9(10)13/h4-7,13H,1-3H3,(H,12,14). The fraction of sp³-hybridized carbons (Fsp3) is 0.364. The van der Waals surface area contributed by atoms with Crippen LogP contribution in [0.15, 0.2) is 18.2 Å². The number of carbonyl (C=O) groups excluding carboxylic acids is 1. The van der Waals surface area contributed by atoms with Crippen LogP contribution in [-0.4, -0.2) is 24.2 Å². The van der Waals surface area contributed by atoms with E-state index in [0.717, 1.165) is 0 Å². The molecular weight excluding hydrogens is 194 g/mol. The van der Waals surface area contributed by atoms with E-state index in [4.69, 9.17) is 4.74 Å². The highest BCUT2D eigenvalue weighted by molar-refractivity contribution is 5.97. The Hall–Kier alpha value is -1.71. The Morgan fingerprint density at radius 3 is 2.67 bits per heavy atom. The molecule has 4 heteroatoms. The Kier molecular flexibility index (Phi) is 3.55. The van der Waals surface area contributed by atoms with Gasteiger partial charge < -0.3 is 15.2 Å². The van der Waals surface area contributed by atoms with Gasteiger partial charge in [0.1, 0.15) is 0 Å². The molecule has 0 saturated heterocycles. The molecule has 0 aromatic heterocycles. The summed E-state index contributed by atoms with van der Waals surface area (Å²) in [6.07, 6.45) is -0.0956. The molecule has 0 radical (unpaired) electrons. The van der Waals surface area contributed by atoms with Crippen LogP contribution in [0.5, 0.6) is 11.5 Å². The van der Waals surface area contributed by atoms with Crippen LogP contribution in [0, 0.1) is 0 Å². The quantitative estimate of drug-likeness (QED) is 0.793. The van der Waals surface area contributed by atoms with E-state index in [1.54, 1.807) is 12.1 Å². The first kappa shape index (κ1) is 11.4. The Bertz CT molecular complexity index is 361. The summed E-state index contributed by atoms with van der Waals surface area (Å²) >= 11 is 0. The lowest BCUT2D eigenvalue weighted by atomic mass is 10.1. The molecule has 0 bridgehead atoms. The summed E-state index contributed by atoms with van der Waals surface area (Å²) in [6.45, 7) is 3.67. The summed E-state index contributed by atoms with van der Waals surface area (Å²) < 4.78 is 5.39. The number of rotatable bonds is 3. The maximum absolute atomic E-state index is 11.5. The number of ether oxygens (including phenoxy) is 1. The molecule has 0 spiro atoms. The lowest BCUT2D eigenvalue weighted by Gasteiger charge is -2.14. The van der Waals surface area contributed by atoms with Gasteiger partial charge >= 0.3 is 0 Å². The number of benzene rings is 1. The monoisotopic (exact) mass is 209 g/mol. The highest BCUT2D eigenvalue weighted by Gasteiger charge is 2.15. The van der Waals surface area contributed by atoms with Crippen LogP contribution in [0.4, 0.5) is 0 Å². The average Bonchev–Trinajstić information content (AvgIpc) is 2.19. The fourth-order valence-corrected chi connectivity index (χ4v) is 1.20. The second kappa shape index (κ2) is 4.68. The minimum Gasteiger partial charge on any atom is -0.504 e. The van der Waals surface area contributed by atoms with E-state index in [0.29, 0.717) is 5.56 Å². The van der Waals surface area contributed by atoms with Crippen molar-refractivity contribution in [2.75, 3.05) is 7.05 Å². The van der Waals surface area contributed by atoms with Crippen molar-refractivity contribution in [3.05, 3.63) is 23.8 Å². The number of carbonyl (C=O) groups is 1. The summed E-state index contributed by atoms with van der Waals surface area (Å²) in [5, 5.41) is 12.1. The minimum absolute atomic E-state index is 0.0233. The molecule has 15 heavy (non-hydrogen) atoms. The summed E-state index contributed by atoms with van der Waals surface area (Å²) in [5.74, 6) is -0.0711. The molecular formula is C11H15NO3. The molecule has 1 rings (SSSR count). The zero-order chi connectivity index (χ0) is 11.4. The molecule has 2 N–H and O–H groups in total. The molecule has 1 aromatic carbocycles. The number of nitrogens with one attached hydrogen (secondary N) is 1. The van der Waals surface area contributed by atoms with Crippen LogP contribution in [0.1, 0.15) is 24.2 Å². The predicted octanol–water partition coefficient (Wildman–Crippen LogP) is 1.54. The number of hydrogen-bond donors (Lipinski definition) is 2. The normalized spacial score (nSPS) is 10.1. The average molecular weight is 209 g/mol. The summed E-state index contributed by atoms with van der Waals surface area (Å²) in [7, 11) is 1.53. The molecule has 1 amide bonds. The van der Waals surface area contributed by atoms with Gasteiger partial charge in [0, 0.05) is 7.05 Å². The first-order valence-electron chi connectivity index (χ1n) is 4.77. The van der Waals surface area contributed by atoms with Crippen LogP contribution in [-0.2, 0) is 0 Å². The molecule has 82 valence electrons. The predicted molar refractivity (Wildman–Crippen MR) is 57.3 cm³/mol. The van der Waals surface area contributed by atoms with E-state index in [1.165, 1.54) is 13.1 Å². The van der Waals surface area contributed by atoms with Crippen LogP contribution in [0.3, 0.4) is 0 Å². The van der Waals surface area contributed by atoms with Crippen LogP contribution in [0.2, 0.25) is 0 Å². The number of phenolic OH excluding ortho intramolecular Hbond substituents is 1. The molecule has 0 heterocycles. The van der Waals surface area contributed by atoms with Crippen molar-refractivity contribution in [2.45, 2.75) is 20.0 Å². The zero-order valence-corrected chi connectivity index (χ0v) is 9.07. The van der Waals surface area contributed by atoms with E-state index in [2.05, 4.69) is 5.32 Å². The first-order chi connectivity index (χ1) is 7.06. The minimum atomic E-state index is -0.276. The smallest absolute Gasteiger partial charge is 0.254 e. The van der Waals surface area contributed by atoms with Gasteiger partial charge in [-0.3, -0.25) is 4.79 Å². The third-order valence-electron chi connectivity index (χ3n) is 1.82. The van der Waals surface area contributed by atoms with Gasteiger partial charge in [-0.1, -0.05) is 6.07 Å². The topological polar surface area (TPSA) is 58.6 Å². The zero-order valence-electron chi connectivity index (χ0n) is 9.07. The third-order valence-corrected chi connectivity index (χ3v) is 1.82. The molecule has 0 fully saturated rings. The van der Waals surface area contributed by atoms with Gasteiger partial charge in [0.25, 0.3) is 5.91 Å². The Balaban J connectivity index is 3.14. The molecule has 0 aliphatic rings. The van der Waals surface area contributed by atoms with Crippen molar-refractivity contribution < 1.29 is 14.6 Å². The molecule has 0 aliphatic carbocycles. The molecule has 0 atom stereocenters. The third kappa shape index (κ3) is 2.62. The first-order valence-corrected chi connectivity index (χ1v) is 4.77. The fourth-order valence-electron chi connectivity index (χ4n) is 1.20. The summed E-state index contributed by atoms with van der Waals surface area (Å²) in [4.78, 5) is 11.5. The molecule has 4 nitrogen and oxygen atoms in total. The van der Waals surface area contributed by atoms with Crippen LogP contribution in [0.25, 0.3) is 0 Å². The number of phenols is 1. The van der Waals surface area contributed by atoms with E-state index in [-0.39, 0.29) is 23.5 Å². The molecule has 1 aromatic rings. The van der Waals surface area contributed by atoms with Crippen molar-refractivity contribution in [2.24, 2.45) is 0 Å². The van der Waals surface area contributed by atoms with Gasteiger partial charge in [0.2, 0.25) is 0 Å². The highest BCUT2D eigenvalue weighted by atomic mass is 16.5. The second-order valence-corrected chi connectivity index (χ2v) is 3.40. The van der Waals surface area contributed by atoms with Crippen molar-refractivity contribution in [1.29, 1.82) is 0 Å². The Morgan fingerprint density at radius 1 is 1.47 bits per heavy atom. The van der Waals surface area contributed by atoms with E-state index >= 15 is 0 Å². The van der Waals surface area contributed by atoms with Crippen LogP contribution < -0.4 is 10.1 Å². The van der Waals surface area contributed by atoms with Crippen molar-refractivity contribution in [3.8, 4) is 11.5 Å². The Morgan fingerprint density at radius 2 is 2.13 bits per heavy atom. The van der Waals surface area contributed by atoms with Gasteiger partial charge in [0.15, 0.2) is 11.5 Å². The molecule has 0 unspecified atom stereocenters. The maximum atomic E-state index is 11.5. The largest absolute Gasteiger partial charge is 0.504 e.